The molecular formula is C19H24N4. The van der Waals surface area contributed by atoms with Crippen LogP contribution in [0.1, 0.15) is 25.3 Å². The molecule has 0 aliphatic rings. The maximum absolute atomic E-state index is 6.14. The van der Waals surface area contributed by atoms with E-state index in [-0.39, 0.29) is 0 Å². The Bertz CT molecular complexity index is 787. The summed E-state index contributed by atoms with van der Waals surface area (Å²) < 4.78 is 2.27. The van der Waals surface area contributed by atoms with Crippen LogP contribution in [0, 0.1) is 0 Å². The number of fused-ring (bicyclic) bond motifs is 1. The van der Waals surface area contributed by atoms with Gasteiger partial charge in [0.2, 0.25) is 0 Å². The van der Waals surface area contributed by atoms with Crippen LogP contribution in [0.25, 0.3) is 22.3 Å². The number of pyridine rings is 1. The first-order chi connectivity index (χ1) is 11.2. The van der Waals surface area contributed by atoms with Gasteiger partial charge in [0.05, 0.1) is 5.69 Å². The highest BCUT2D eigenvalue weighted by atomic mass is 15.0. The molecule has 0 saturated carbocycles. The number of benzene rings is 1. The van der Waals surface area contributed by atoms with Crippen molar-refractivity contribution in [2.45, 2.75) is 32.7 Å². The maximum atomic E-state index is 6.14. The largest absolute Gasteiger partial charge is 0.398 e. The Kier molecular flexibility index (Phi) is 4.63. The number of rotatable bonds is 6. The molecule has 0 radical (unpaired) electrons. The van der Waals surface area contributed by atoms with Crippen LogP contribution in [0.3, 0.4) is 0 Å². The summed E-state index contributed by atoms with van der Waals surface area (Å²) >= 11 is 0. The van der Waals surface area contributed by atoms with E-state index >= 15 is 0 Å². The monoisotopic (exact) mass is 308 g/mol. The zero-order valence-electron chi connectivity index (χ0n) is 13.6. The molecule has 3 aromatic rings. The fourth-order valence-electron chi connectivity index (χ4n) is 2.96. The molecule has 4 N–H and O–H groups in total. The summed E-state index contributed by atoms with van der Waals surface area (Å²) in [6, 6.07) is 12.8. The Balaban J connectivity index is 2.09. The highest BCUT2D eigenvalue weighted by Crippen LogP contribution is 2.30. The fraction of sp³-hybridized carbons (Fsp3) is 0.316. The van der Waals surface area contributed by atoms with Gasteiger partial charge in [-0.2, -0.15) is 0 Å². The number of nitrogen functional groups attached to an aromatic ring is 1. The Morgan fingerprint density at radius 2 is 1.87 bits per heavy atom. The van der Waals surface area contributed by atoms with Crippen LogP contribution in [0.4, 0.5) is 5.69 Å². The molecule has 0 fully saturated rings. The van der Waals surface area contributed by atoms with Crippen LogP contribution in [0.15, 0.2) is 42.6 Å². The summed E-state index contributed by atoms with van der Waals surface area (Å²) in [5, 5.41) is 1.02. The molecule has 4 heteroatoms. The van der Waals surface area contributed by atoms with Crippen molar-refractivity contribution in [1.29, 1.82) is 0 Å². The molecule has 0 spiro atoms. The van der Waals surface area contributed by atoms with E-state index in [0.29, 0.717) is 0 Å². The van der Waals surface area contributed by atoms with E-state index in [1.807, 2.05) is 6.07 Å². The molecule has 2 heterocycles. The second-order valence-electron chi connectivity index (χ2n) is 5.86. The lowest BCUT2D eigenvalue weighted by atomic mass is 10.1. The maximum Gasteiger partial charge on any atom is 0.142 e. The lowest BCUT2D eigenvalue weighted by Crippen LogP contribution is -2.05. The molecule has 0 saturated heterocycles. The molecule has 3 rings (SSSR count). The number of anilines is 1. The van der Waals surface area contributed by atoms with Gasteiger partial charge in [0.25, 0.3) is 0 Å². The third-order valence-electron chi connectivity index (χ3n) is 4.32. The minimum absolute atomic E-state index is 0.718. The standard InChI is InChI=1S/C19H24N4/c1-2-14-5-7-15(8-6-14)18-13-16-17(21)9-11-22-19(16)23(18)12-4-3-10-20/h5-9,11,13H,2-4,10,12,20H2,1H3,(H2,21,22). The number of unbranched alkanes of at least 4 members (excludes halogenated alkanes) is 1. The van der Waals surface area contributed by atoms with E-state index < -0.39 is 0 Å². The fourth-order valence-corrected chi connectivity index (χ4v) is 2.96. The van der Waals surface area contributed by atoms with Crippen molar-refractivity contribution in [3.05, 3.63) is 48.2 Å². The molecule has 0 atom stereocenters. The predicted octanol–water partition coefficient (Wildman–Crippen LogP) is 3.59. The first-order valence-corrected chi connectivity index (χ1v) is 8.27. The number of nitrogens with zero attached hydrogens (tertiary/aromatic N) is 2. The highest BCUT2D eigenvalue weighted by molar-refractivity contribution is 5.93. The van der Waals surface area contributed by atoms with Crippen molar-refractivity contribution >= 4 is 16.7 Å². The van der Waals surface area contributed by atoms with Gasteiger partial charge < -0.3 is 16.0 Å². The Morgan fingerprint density at radius 3 is 2.57 bits per heavy atom. The van der Waals surface area contributed by atoms with Crippen molar-refractivity contribution in [2.24, 2.45) is 5.73 Å². The molecule has 1 aromatic carbocycles. The quantitative estimate of drug-likeness (QED) is 0.684. The summed E-state index contributed by atoms with van der Waals surface area (Å²) in [5.41, 5.74) is 17.2. The van der Waals surface area contributed by atoms with Crippen molar-refractivity contribution in [3.8, 4) is 11.3 Å². The summed E-state index contributed by atoms with van der Waals surface area (Å²) in [6.45, 7) is 3.79. The van der Waals surface area contributed by atoms with Crippen molar-refractivity contribution < 1.29 is 0 Å². The third kappa shape index (κ3) is 3.08. The van der Waals surface area contributed by atoms with Gasteiger partial charge in [-0.15, -0.1) is 0 Å². The van der Waals surface area contributed by atoms with E-state index in [9.17, 15) is 0 Å². The molecule has 23 heavy (non-hydrogen) atoms. The van der Waals surface area contributed by atoms with Crippen LogP contribution in [0.5, 0.6) is 0 Å². The van der Waals surface area contributed by atoms with Gasteiger partial charge in [0.15, 0.2) is 0 Å². The second kappa shape index (κ2) is 6.84. The predicted molar refractivity (Wildman–Crippen MR) is 97.2 cm³/mol. The van der Waals surface area contributed by atoms with Crippen LogP contribution >= 0.6 is 0 Å². The van der Waals surface area contributed by atoms with Crippen LogP contribution in [0.2, 0.25) is 0 Å². The molecule has 0 amide bonds. The van der Waals surface area contributed by atoms with E-state index in [4.69, 9.17) is 11.5 Å². The summed E-state index contributed by atoms with van der Waals surface area (Å²) in [7, 11) is 0. The van der Waals surface area contributed by atoms with E-state index in [0.717, 1.165) is 49.1 Å². The number of hydrogen-bond acceptors (Lipinski definition) is 3. The molecule has 2 aromatic heterocycles. The summed E-state index contributed by atoms with van der Waals surface area (Å²) in [6.07, 6.45) is 4.88. The van der Waals surface area contributed by atoms with Crippen LogP contribution in [-0.2, 0) is 13.0 Å². The Morgan fingerprint density at radius 1 is 1.09 bits per heavy atom. The lowest BCUT2D eigenvalue weighted by molar-refractivity contribution is 0.631. The minimum atomic E-state index is 0.718. The zero-order chi connectivity index (χ0) is 16.2. The normalized spacial score (nSPS) is 11.2. The minimum Gasteiger partial charge on any atom is -0.398 e. The SMILES string of the molecule is CCc1ccc(-c2cc3c(N)ccnc3n2CCCCN)cc1. The highest BCUT2D eigenvalue weighted by Gasteiger charge is 2.13. The molecule has 0 bridgehead atoms. The molecule has 0 aliphatic carbocycles. The van der Waals surface area contributed by atoms with E-state index in [1.165, 1.54) is 16.8 Å². The van der Waals surface area contributed by atoms with Gasteiger partial charge >= 0.3 is 0 Å². The molecule has 120 valence electrons. The third-order valence-corrected chi connectivity index (χ3v) is 4.32. The summed E-state index contributed by atoms with van der Waals surface area (Å²) in [5.74, 6) is 0. The number of hydrogen-bond donors (Lipinski definition) is 2. The Labute approximate surface area is 137 Å². The average Bonchev–Trinajstić information content (AvgIpc) is 2.95. The first kappa shape index (κ1) is 15.6. The van der Waals surface area contributed by atoms with E-state index in [1.54, 1.807) is 6.20 Å². The smallest absolute Gasteiger partial charge is 0.142 e. The number of nitrogens with two attached hydrogens (primary N) is 2. The van der Waals surface area contributed by atoms with Gasteiger partial charge in [0, 0.05) is 23.8 Å². The van der Waals surface area contributed by atoms with Crippen LogP contribution < -0.4 is 11.5 Å². The molecular weight excluding hydrogens is 284 g/mol. The zero-order valence-corrected chi connectivity index (χ0v) is 13.6. The Hall–Kier alpha value is -2.33. The lowest BCUT2D eigenvalue weighted by Gasteiger charge is -2.10. The van der Waals surface area contributed by atoms with Crippen molar-refractivity contribution in [3.63, 3.8) is 0 Å². The number of aromatic nitrogens is 2. The van der Waals surface area contributed by atoms with Gasteiger partial charge in [0.1, 0.15) is 5.65 Å². The second-order valence-corrected chi connectivity index (χ2v) is 5.86. The van der Waals surface area contributed by atoms with E-state index in [2.05, 4.69) is 46.8 Å². The van der Waals surface area contributed by atoms with Crippen molar-refractivity contribution in [2.75, 3.05) is 12.3 Å². The van der Waals surface area contributed by atoms with Gasteiger partial charge in [-0.1, -0.05) is 31.2 Å². The molecule has 0 unspecified atom stereocenters. The average molecular weight is 308 g/mol. The first-order valence-electron chi connectivity index (χ1n) is 8.27. The van der Waals surface area contributed by atoms with Crippen molar-refractivity contribution in [1.82, 2.24) is 9.55 Å². The van der Waals surface area contributed by atoms with Gasteiger partial charge in [-0.25, -0.2) is 4.98 Å². The topological polar surface area (TPSA) is 69.9 Å². The van der Waals surface area contributed by atoms with Crippen LogP contribution in [-0.4, -0.2) is 16.1 Å². The molecule has 4 nitrogen and oxygen atoms in total. The van der Waals surface area contributed by atoms with Gasteiger partial charge in [-0.3, -0.25) is 0 Å². The summed E-state index contributed by atoms with van der Waals surface area (Å²) in [4.78, 5) is 4.55. The number of aryl methyl sites for hydroxylation is 2. The molecule has 0 aliphatic heterocycles. The van der Waals surface area contributed by atoms with Gasteiger partial charge in [-0.05, 0) is 49.1 Å².